The van der Waals surface area contributed by atoms with E-state index in [4.69, 9.17) is 4.74 Å². The van der Waals surface area contributed by atoms with Gasteiger partial charge in [0, 0.05) is 0 Å². The first kappa shape index (κ1) is 9.05. The molecular weight excluding hydrogens is 136 g/mol. The van der Waals surface area contributed by atoms with Crippen molar-refractivity contribution in [3.05, 3.63) is 6.42 Å². The Hall–Kier alpha value is -0.0400. The fourth-order valence-electron chi connectivity index (χ4n) is 1.46. The third kappa shape index (κ3) is 3.24. The van der Waals surface area contributed by atoms with Crippen LogP contribution in [0.15, 0.2) is 0 Å². The highest BCUT2D eigenvalue weighted by Gasteiger charge is 2.15. The zero-order valence-electron chi connectivity index (χ0n) is 7.68. The average Bonchev–Trinajstić information content (AvgIpc) is 2.06. The monoisotopic (exact) mass is 155 g/mol. The maximum atomic E-state index is 5.82. The van der Waals surface area contributed by atoms with Gasteiger partial charge in [-0.2, -0.15) is 0 Å². The molecule has 11 heavy (non-hydrogen) atoms. The molecule has 1 heteroatoms. The molecule has 1 aliphatic rings. The summed E-state index contributed by atoms with van der Waals surface area (Å²) in [4.78, 5) is 0. The van der Waals surface area contributed by atoms with E-state index in [1.807, 2.05) is 0 Å². The Morgan fingerprint density at radius 3 is 2.64 bits per heavy atom. The minimum Gasteiger partial charge on any atom is -0.375 e. The van der Waals surface area contributed by atoms with Gasteiger partial charge in [0.25, 0.3) is 0 Å². The van der Waals surface area contributed by atoms with Crippen LogP contribution in [0.3, 0.4) is 0 Å². The molecule has 0 N–H and O–H groups in total. The standard InChI is InChI=1S/C10H19O/c1-3-9(2)11-10-7-5-4-6-8-10/h4,9-10H,3,5-8H2,1-2H3. The summed E-state index contributed by atoms with van der Waals surface area (Å²) in [6.45, 7) is 4.35. The highest BCUT2D eigenvalue weighted by Crippen LogP contribution is 2.21. The molecule has 1 unspecified atom stereocenters. The molecule has 1 fully saturated rings. The van der Waals surface area contributed by atoms with Crippen molar-refractivity contribution in [1.29, 1.82) is 0 Å². The molecule has 65 valence electrons. The fraction of sp³-hybridized carbons (Fsp3) is 0.900. The number of rotatable bonds is 3. The lowest BCUT2D eigenvalue weighted by molar-refractivity contribution is -0.0173. The van der Waals surface area contributed by atoms with E-state index in [2.05, 4.69) is 20.3 Å². The molecule has 0 saturated heterocycles. The van der Waals surface area contributed by atoms with Gasteiger partial charge in [-0.1, -0.05) is 6.92 Å². The lowest BCUT2D eigenvalue weighted by atomic mass is 9.97. The molecule has 0 aromatic carbocycles. The van der Waals surface area contributed by atoms with Crippen LogP contribution in [0.2, 0.25) is 0 Å². The van der Waals surface area contributed by atoms with Crippen molar-refractivity contribution in [2.75, 3.05) is 0 Å². The summed E-state index contributed by atoms with van der Waals surface area (Å²) in [5.41, 5.74) is 0. The summed E-state index contributed by atoms with van der Waals surface area (Å²) < 4.78 is 5.82. The first-order chi connectivity index (χ1) is 5.33. The Morgan fingerprint density at radius 1 is 1.45 bits per heavy atom. The summed E-state index contributed by atoms with van der Waals surface area (Å²) in [6.07, 6.45) is 9.50. The average molecular weight is 155 g/mol. The van der Waals surface area contributed by atoms with Gasteiger partial charge < -0.3 is 4.74 Å². The van der Waals surface area contributed by atoms with Crippen LogP contribution in [0, 0.1) is 6.42 Å². The molecule has 1 saturated carbocycles. The minimum atomic E-state index is 0.457. The third-order valence-corrected chi connectivity index (χ3v) is 2.39. The summed E-state index contributed by atoms with van der Waals surface area (Å²) >= 11 is 0. The Kier molecular flexibility index (Phi) is 3.92. The summed E-state index contributed by atoms with van der Waals surface area (Å²) in [5.74, 6) is 0. The smallest absolute Gasteiger partial charge is 0.0579 e. The second-order valence-corrected chi connectivity index (χ2v) is 3.42. The van der Waals surface area contributed by atoms with Crippen molar-refractivity contribution < 1.29 is 4.74 Å². The van der Waals surface area contributed by atoms with Crippen molar-refractivity contribution in [2.45, 2.75) is 58.2 Å². The maximum absolute atomic E-state index is 5.82. The molecule has 0 aromatic heterocycles. The van der Waals surface area contributed by atoms with Gasteiger partial charge in [-0.3, -0.25) is 0 Å². The second-order valence-electron chi connectivity index (χ2n) is 3.42. The van der Waals surface area contributed by atoms with Crippen molar-refractivity contribution in [3.63, 3.8) is 0 Å². The van der Waals surface area contributed by atoms with Gasteiger partial charge in [0.2, 0.25) is 0 Å². The Bertz CT molecular complexity index is 95.0. The quantitative estimate of drug-likeness (QED) is 0.609. The third-order valence-electron chi connectivity index (χ3n) is 2.39. The first-order valence-electron chi connectivity index (χ1n) is 4.80. The molecular formula is C10H19O. The van der Waals surface area contributed by atoms with E-state index in [9.17, 15) is 0 Å². The van der Waals surface area contributed by atoms with Crippen LogP contribution >= 0.6 is 0 Å². The van der Waals surface area contributed by atoms with Gasteiger partial charge in [-0.25, -0.2) is 0 Å². The zero-order valence-corrected chi connectivity index (χ0v) is 7.68. The molecule has 0 spiro atoms. The van der Waals surface area contributed by atoms with E-state index in [0.29, 0.717) is 12.2 Å². The van der Waals surface area contributed by atoms with Crippen molar-refractivity contribution >= 4 is 0 Å². The molecule has 0 bridgehead atoms. The topological polar surface area (TPSA) is 9.23 Å². The second kappa shape index (κ2) is 4.76. The van der Waals surface area contributed by atoms with Crippen LogP contribution in [-0.2, 0) is 4.74 Å². The van der Waals surface area contributed by atoms with Crippen LogP contribution in [0.4, 0.5) is 0 Å². The highest BCUT2D eigenvalue weighted by atomic mass is 16.5. The first-order valence-corrected chi connectivity index (χ1v) is 4.80. The van der Waals surface area contributed by atoms with Gasteiger partial charge in [0.05, 0.1) is 12.2 Å². The lowest BCUT2D eigenvalue weighted by Crippen LogP contribution is -2.21. The van der Waals surface area contributed by atoms with Crippen LogP contribution < -0.4 is 0 Å². The van der Waals surface area contributed by atoms with Gasteiger partial charge in [0.1, 0.15) is 0 Å². The Labute approximate surface area is 70.1 Å². The van der Waals surface area contributed by atoms with Crippen LogP contribution in [0.25, 0.3) is 0 Å². The van der Waals surface area contributed by atoms with E-state index in [1.54, 1.807) is 0 Å². The van der Waals surface area contributed by atoms with Gasteiger partial charge in [0.15, 0.2) is 0 Å². The van der Waals surface area contributed by atoms with E-state index in [0.717, 1.165) is 6.42 Å². The SMILES string of the molecule is CCC(C)OC1CC[CH]CC1. The fourth-order valence-corrected chi connectivity index (χ4v) is 1.46. The highest BCUT2D eigenvalue weighted by molar-refractivity contribution is 4.77. The number of ether oxygens (including phenoxy) is 1. The molecule has 1 radical (unpaired) electrons. The molecule has 1 nitrogen and oxygen atoms in total. The molecule has 0 heterocycles. The zero-order chi connectivity index (χ0) is 8.10. The van der Waals surface area contributed by atoms with E-state index < -0.39 is 0 Å². The van der Waals surface area contributed by atoms with Gasteiger partial charge in [-0.15, -0.1) is 0 Å². The molecule has 0 aliphatic heterocycles. The largest absolute Gasteiger partial charge is 0.375 e. The molecule has 1 rings (SSSR count). The maximum Gasteiger partial charge on any atom is 0.0579 e. The molecule has 0 amide bonds. The molecule has 1 aliphatic carbocycles. The van der Waals surface area contributed by atoms with Gasteiger partial charge in [-0.05, 0) is 45.4 Å². The Morgan fingerprint density at radius 2 is 2.09 bits per heavy atom. The predicted molar refractivity (Wildman–Crippen MR) is 47.4 cm³/mol. The van der Waals surface area contributed by atoms with Crippen LogP contribution in [0.1, 0.15) is 46.0 Å². The van der Waals surface area contributed by atoms with Crippen LogP contribution in [-0.4, -0.2) is 12.2 Å². The van der Waals surface area contributed by atoms with Crippen molar-refractivity contribution in [1.82, 2.24) is 0 Å². The van der Waals surface area contributed by atoms with E-state index in [1.165, 1.54) is 25.7 Å². The summed E-state index contributed by atoms with van der Waals surface area (Å²) in [6, 6.07) is 0. The number of hydrogen-bond donors (Lipinski definition) is 0. The predicted octanol–water partition coefficient (Wildman–Crippen LogP) is 2.95. The van der Waals surface area contributed by atoms with Crippen molar-refractivity contribution in [2.24, 2.45) is 0 Å². The van der Waals surface area contributed by atoms with Crippen LogP contribution in [0.5, 0.6) is 0 Å². The number of hydrogen-bond acceptors (Lipinski definition) is 1. The normalized spacial score (nSPS) is 23.5. The van der Waals surface area contributed by atoms with E-state index in [-0.39, 0.29) is 0 Å². The van der Waals surface area contributed by atoms with Crippen molar-refractivity contribution in [3.8, 4) is 0 Å². The summed E-state index contributed by atoms with van der Waals surface area (Å²) in [7, 11) is 0. The molecule has 0 aromatic rings. The minimum absolute atomic E-state index is 0.457. The molecule has 1 atom stereocenters. The van der Waals surface area contributed by atoms with Gasteiger partial charge >= 0.3 is 0 Å². The van der Waals surface area contributed by atoms with E-state index >= 15 is 0 Å². The lowest BCUT2D eigenvalue weighted by Gasteiger charge is -2.24. The summed E-state index contributed by atoms with van der Waals surface area (Å²) in [5, 5.41) is 0. The Balaban J connectivity index is 2.13.